The summed E-state index contributed by atoms with van der Waals surface area (Å²) in [7, 11) is 1.58. The van der Waals surface area contributed by atoms with Crippen LogP contribution in [-0.2, 0) is 16.1 Å². The summed E-state index contributed by atoms with van der Waals surface area (Å²) in [5, 5.41) is 7.13. The Morgan fingerprint density at radius 3 is 2.41 bits per heavy atom. The van der Waals surface area contributed by atoms with Crippen LogP contribution in [0.2, 0.25) is 0 Å². The van der Waals surface area contributed by atoms with E-state index in [1.807, 2.05) is 42.5 Å². The first-order chi connectivity index (χ1) is 13.0. The molecule has 0 bridgehead atoms. The summed E-state index contributed by atoms with van der Waals surface area (Å²) in [5.74, 6) is -1.31. The predicted octanol–water partition coefficient (Wildman–Crippen LogP) is 3.46. The third-order valence-electron chi connectivity index (χ3n) is 4.29. The van der Waals surface area contributed by atoms with Crippen LogP contribution in [0.4, 0.5) is 5.69 Å². The van der Waals surface area contributed by atoms with Crippen molar-refractivity contribution in [1.29, 1.82) is 0 Å². The van der Waals surface area contributed by atoms with Gasteiger partial charge in [0.1, 0.15) is 0 Å². The second kappa shape index (κ2) is 7.97. The molecule has 1 aromatic heterocycles. The fourth-order valence-corrected chi connectivity index (χ4v) is 3.01. The Balaban J connectivity index is 1.88. The number of hydrogen-bond acceptors (Lipinski definition) is 4. The van der Waals surface area contributed by atoms with Crippen LogP contribution in [-0.4, -0.2) is 28.6 Å². The summed E-state index contributed by atoms with van der Waals surface area (Å²) >= 11 is 0. The molecule has 138 valence electrons. The minimum Gasteiger partial charge on any atom is -0.380 e. The van der Waals surface area contributed by atoms with E-state index in [0.717, 1.165) is 11.3 Å². The molecule has 0 radical (unpaired) electrons. The topological polar surface area (TPSA) is 73.2 Å². The molecule has 0 saturated carbocycles. The second-order valence-electron chi connectivity index (χ2n) is 6.17. The number of benzene rings is 2. The Bertz CT molecular complexity index is 978. The van der Waals surface area contributed by atoms with E-state index in [0.29, 0.717) is 29.2 Å². The molecule has 3 rings (SSSR count). The van der Waals surface area contributed by atoms with Gasteiger partial charge in [-0.1, -0.05) is 36.4 Å². The van der Waals surface area contributed by atoms with Gasteiger partial charge in [-0.2, -0.15) is 5.10 Å². The van der Waals surface area contributed by atoms with E-state index in [1.54, 1.807) is 37.8 Å². The van der Waals surface area contributed by atoms with E-state index in [9.17, 15) is 9.59 Å². The summed E-state index contributed by atoms with van der Waals surface area (Å²) in [6, 6.07) is 16.7. The number of carbonyl (C=O) groups excluding carboxylic acids is 2. The smallest absolute Gasteiger partial charge is 0.296 e. The average Bonchev–Trinajstić information content (AvgIpc) is 2.98. The van der Waals surface area contributed by atoms with E-state index >= 15 is 0 Å². The van der Waals surface area contributed by atoms with E-state index in [2.05, 4.69) is 10.4 Å². The molecule has 0 unspecified atom stereocenters. The molecule has 1 heterocycles. The van der Waals surface area contributed by atoms with Gasteiger partial charge >= 0.3 is 0 Å². The summed E-state index contributed by atoms with van der Waals surface area (Å²) < 4.78 is 6.81. The normalized spacial score (nSPS) is 10.6. The highest BCUT2D eigenvalue weighted by atomic mass is 16.5. The van der Waals surface area contributed by atoms with Crippen molar-refractivity contribution in [3.8, 4) is 5.69 Å². The molecule has 3 aromatic rings. The van der Waals surface area contributed by atoms with Gasteiger partial charge in [-0.15, -0.1) is 0 Å². The van der Waals surface area contributed by atoms with Crippen molar-refractivity contribution in [3.05, 3.63) is 77.1 Å². The fourth-order valence-electron chi connectivity index (χ4n) is 3.01. The number of Topliss-reactive ketones (excluding diaryl/α,β-unsaturated/α-hetero) is 1. The third kappa shape index (κ3) is 3.80. The molecule has 0 aliphatic carbocycles. The van der Waals surface area contributed by atoms with Gasteiger partial charge in [0.2, 0.25) is 0 Å². The highest BCUT2D eigenvalue weighted by molar-refractivity contribution is 6.47. The molecule has 0 saturated heterocycles. The standard InChI is InChI=1S/C21H21N3O3/c1-14-19(15(2)24(23-14)17-10-5-4-6-11-17)20(25)21(26)22-18-12-8-7-9-16(18)13-27-3/h4-12H,13H2,1-3H3,(H,22,26). The van der Waals surface area contributed by atoms with Crippen molar-refractivity contribution in [2.24, 2.45) is 0 Å². The molecule has 1 amide bonds. The monoisotopic (exact) mass is 363 g/mol. The van der Waals surface area contributed by atoms with Gasteiger partial charge in [0, 0.05) is 18.4 Å². The zero-order valence-corrected chi connectivity index (χ0v) is 15.5. The van der Waals surface area contributed by atoms with Crippen LogP contribution >= 0.6 is 0 Å². The largest absolute Gasteiger partial charge is 0.380 e. The number of aromatic nitrogens is 2. The van der Waals surface area contributed by atoms with Crippen molar-refractivity contribution < 1.29 is 14.3 Å². The Morgan fingerprint density at radius 1 is 1.04 bits per heavy atom. The van der Waals surface area contributed by atoms with Crippen LogP contribution in [0.25, 0.3) is 5.69 Å². The molecule has 0 fully saturated rings. The summed E-state index contributed by atoms with van der Waals surface area (Å²) in [4.78, 5) is 25.4. The Labute approximate surface area is 157 Å². The maximum absolute atomic E-state index is 12.8. The number of nitrogens with zero attached hydrogens (tertiary/aromatic N) is 2. The van der Waals surface area contributed by atoms with Crippen LogP contribution in [0.1, 0.15) is 27.3 Å². The maximum Gasteiger partial charge on any atom is 0.296 e. The number of nitrogens with one attached hydrogen (secondary N) is 1. The molecule has 0 atom stereocenters. The molecule has 0 aliphatic heterocycles. The predicted molar refractivity (Wildman–Crippen MR) is 103 cm³/mol. The van der Waals surface area contributed by atoms with E-state index in [1.165, 1.54) is 0 Å². The van der Waals surface area contributed by atoms with Crippen molar-refractivity contribution in [2.75, 3.05) is 12.4 Å². The first kappa shape index (κ1) is 18.5. The molecule has 6 nitrogen and oxygen atoms in total. The molecular formula is C21H21N3O3. The zero-order valence-electron chi connectivity index (χ0n) is 15.5. The fraction of sp³-hybridized carbons (Fsp3) is 0.190. The highest BCUT2D eigenvalue weighted by Crippen LogP contribution is 2.20. The van der Waals surface area contributed by atoms with E-state index in [-0.39, 0.29) is 0 Å². The van der Waals surface area contributed by atoms with Crippen LogP contribution < -0.4 is 5.32 Å². The number of anilines is 1. The minimum absolute atomic E-state index is 0.320. The number of para-hydroxylation sites is 2. The third-order valence-corrected chi connectivity index (χ3v) is 4.29. The van der Waals surface area contributed by atoms with Crippen molar-refractivity contribution in [2.45, 2.75) is 20.5 Å². The lowest BCUT2D eigenvalue weighted by Crippen LogP contribution is -2.24. The number of methoxy groups -OCH3 is 1. The average molecular weight is 363 g/mol. The zero-order chi connectivity index (χ0) is 19.4. The first-order valence-electron chi connectivity index (χ1n) is 8.57. The number of amides is 1. The first-order valence-corrected chi connectivity index (χ1v) is 8.57. The Morgan fingerprint density at radius 2 is 1.70 bits per heavy atom. The van der Waals surface area contributed by atoms with Gasteiger partial charge in [0.15, 0.2) is 0 Å². The van der Waals surface area contributed by atoms with Gasteiger partial charge < -0.3 is 10.1 Å². The Kier molecular flexibility index (Phi) is 5.47. The van der Waals surface area contributed by atoms with Crippen molar-refractivity contribution in [3.63, 3.8) is 0 Å². The minimum atomic E-state index is -0.697. The SMILES string of the molecule is COCc1ccccc1NC(=O)C(=O)c1c(C)nn(-c2ccccc2)c1C. The molecular weight excluding hydrogens is 342 g/mol. The van der Waals surface area contributed by atoms with Crippen molar-refractivity contribution >= 4 is 17.4 Å². The molecule has 1 N–H and O–H groups in total. The van der Waals surface area contributed by atoms with Crippen LogP contribution in [0.15, 0.2) is 54.6 Å². The number of ether oxygens (including phenoxy) is 1. The summed E-state index contributed by atoms with van der Waals surface area (Å²) in [6.45, 7) is 3.85. The number of aryl methyl sites for hydroxylation is 1. The van der Waals surface area contributed by atoms with Crippen LogP contribution in [0.5, 0.6) is 0 Å². The molecule has 27 heavy (non-hydrogen) atoms. The quantitative estimate of drug-likeness (QED) is 0.538. The van der Waals surface area contributed by atoms with Crippen LogP contribution in [0, 0.1) is 13.8 Å². The number of rotatable bonds is 6. The lowest BCUT2D eigenvalue weighted by molar-refractivity contribution is -0.112. The van der Waals surface area contributed by atoms with Crippen molar-refractivity contribution in [1.82, 2.24) is 9.78 Å². The number of ketones is 1. The number of carbonyl (C=O) groups is 2. The van der Waals surface area contributed by atoms with Gasteiger partial charge in [0.25, 0.3) is 11.7 Å². The van der Waals surface area contributed by atoms with E-state index < -0.39 is 11.7 Å². The van der Waals surface area contributed by atoms with Gasteiger partial charge in [-0.05, 0) is 32.0 Å². The van der Waals surface area contributed by atoms with Gasteiger partial charge in [0.05, 0.1) is 29.2 Å². The molecule has 0 aliphatic rings. The highest BCUT2D eigenvalue weighted by Gasteiger charge is 2.25. The van der Waals surface area contributed by atoms with E-state index in [4.69, 9.17) is 4.74 Å². The summed E-state index contributed by atoms with van der Waals surface area (Å²) in [5.41, 5.74) is 3.66. The Hall–Kier alpha value is -3.25. The van der Waals surface area contributed by atoms with Crippen LogP contribution in [0.3, 0.4) is 0 Å². The summed E-state index contributed by atoms with van der Waals surface area (Å²) in [6.07, 6.45) is 0. The molecule has 6 heteroatoms. The van der Waals surface area contributed by atoms with Gasteiger partial charge in [-0.25, -0.2) is 4.68 Å². The molecule has 0 spiro atoms. The molecule has 2 aromatic carbocycles. The maximum atomic E-state index is 12.8. The lowest BCUT2D eigenvalue weighted by Gasteiger charge is -2.10. The number of hydrogen-bond donors (Lipinski definition) is 1. The van der Waals surface area contributed by atoms with Gasteiger partial charge in [-0.3, -0.25) is 9.59 Å². The lowest BCUT2D eigenvalue weighted by atomic mass is 10.1. The second-order valence-corrected chi connectivity index (χ2v) is 6.17.